The van der Waals surface area contributed by atoms with Gasteiger partial charge in [0.05, 0.1) is 5.69 Å². The number of halogens is 1. The number of H-pyrrole nitrogens is 1. The molecule has 0 fully saturated rings. The first-order chi connectivity index (χ1) is 9.24. The van der Waals surface area contributed by atoms with E-state index in [4.69, 9.17) is 0 Å². The second-order valence-corrected chi connectivity index (χ2v) is 5.23. The molecular weight excluding hydrogens is 308 g/mol. The average molecular weight is 321 g/mol. The zero-order valence-corrected chi connectivity index (χ0v) is 11.8. The van der Waals surface area contributed by atoms with E-state index in [2.05, 4.69) is 36.5 Å². The molecule has 1 aromatic carbocycles. The minimum atomic E-state index is -0.322. The van der Waals surface area contributed by atoms with E-state index in [1.165, 1.54) is 0 Å². The second-order valence-electron chi connectivity index (χ2n) is 4.38. The van der Waals surface area contributed by atoms with Crippen LogP contribution in [0.1, 0.15) is 11.3 Å². The van der Waals surface area contributed by atoms with E-state index in [1.54, 1.807) is 0 Å². The second kappa shape index (κ2) is 5.14. The molecule has 5 nitrogen and oxygen atoms in total. The fourth-order valence-corrected chi connectivity index (χ4v) is 2.57. The summed E-state index contributed by atoms with van der Waals surface area (Å²) in [6, 6.07) is 7.78. The zero-order chi connectivity index (χ0) is 13.2. The number of anilines is 2. The highest BCUT2D eigenvalue weighted by Crippen LogP contribution is 2.27. The number of aromatic amines is 1. The molecule has 0 unspecified atom stereocenters. The van der Waals surface area contributed by atoms with Crippen molar-refractivity contribution in [2.75, 3.05) is 11.9 Å². The van der Waals surface area contributed by atoms with Crippen molar-refractivity contribution in [2.45, 2.75) is 13.0 Å². The molecule has 0 aliphatic carbocycles. The van der Waals surface area contributed by atoms with Gasteiger partial charge in [-0.15, -0.1) is 0 Å². The molecule has 0 radical (unpaired) electrons. The molecule has 98 valence electrons. The molecule has 3 rings (SSSR count). The van der Waals surface area contributed by atoms with Gasteiger partial charge in [-0.05, 0) is 41.0 Å². The van der Waals surface area contributed by atoms with Gasteiger partial charge >= 0.3 is 5.69 Å². The summed E-state index contributed by atoms with van der Waals surface area (Å²) in [6.07, 6.45) is 0.853. The number of aromatic nitrogens is 2. The summed E-state index contributed by atoms with van der Waals surface area (Å²) in [5, 5.41) is 6.47. The highest BCUT2D eigenvalue weighted by molar-refractivity contribution is 9.10. The van der Waals surface area contributed by atoms with Gasteiger partial charge in [-0.1, -0.05) is 12.1 Å². The van der Waals surface area contributed by atoms with Gasteiger partial charge in [0.2, 0.25) is 0 Å². The first kappa shape index (κ1) is 12.4. The molecule has 2 aromatic rings. The van der Waals surface area contributed by atoms with Crippen molar-refractivity contribution in [2.24, 2.45) is 0 Å². The summed E-state index contributed by atoms with van der Waals surface area (Å²) in [6.45, 7) is 1.57. The molecule has 2 heterocycles. The van der Waals surface area contributed by atoms with Gasteiger partial charge in [0.1, 0.15) is 5.82 Å². The number of hydrogen-bond acceptors (Lipinski definition) is 4. The summed E-state index contributed by atoms with van der Waals surface area (Å²) in [7, 11) is 0. The summed E-state index contributed by atoms with van der Waals surface area (Å²) in [5.74, 6) is 0.646. The normalized spacial score (nSPS) is 13.9. The Bertz CT molecular complexity index is 668. The lowest BCUT2D eigenvalue weighted by molar-refractivity contribution is 0.621. The summed E-state index contributed by atoms with van der Waals surface area (Å²) < 4.78 is 0.944. The van der Waals surface area contributed by atoms with Crippen molar-refractivity contribution in [3.8, 4) is 0 Å². The zero-order valence-electron chi connectivity index (χ0n) is 10.2. The third-order valence-electron chi connectivity index (χ3n) is 3.10. The van der Waals surface area contributed by atoms with Gasteiger partial charge in [-0.3, -0.25) is 0 Å². The molecule has 19 heavy (non-hydrogen) atoms. The first-order valence-electron chi connectivity index (χ1n) is 6.08. The third kappa shape index (κ3) is 2.54. The van der Waals surface area contributed by atoms with Crippen LogP contribution in [-0.4, -0.2) is 16.5 Å². The Labute approximate surface area is 118 Å². The fraction of sp³-hybridized carbons (Fsp3) is 0.231. The summed E-state index contributed by atoms with van der Waals surface area (Å²) >= 11 is 3.48. The van der Waals surface area contributed by atoms with Crippen molar-refractivity contribution < 1.29 is 0 Å². The monoisotopic (exact) mass is 320 g/mol. The van der Waals surface area contributed by atoms with Gasteiger partial charge < -0.3 is 15.6 Å². The number of para-hydroxylation sites is 1. The van der Waals surface area contributed by atoms with Gasteiger partial charge in [0, 0.05) is 22.3 Å². The van der Waals surface area contributed by atoms with E-state index in [-0.39, 0.29) is 5.69 Å². The van der Waals surface area contributed by atoms with Crippen LogP contribution in [0, 0.1) is 0 Å². The minimum absolute atomic E-state index is 0.322. The molecule has 1 aliphatic heterocycles. The lowest BCUT2D eigenvalue weighted by Crippen LogP contribution is -2.29. The van der Waals surface area contributed by atoms with E-state index in [9.17, 15) is 4.79 Å². The van der Waals surface area contributed by atoms with Crippen LogP contribution in [0.3, 0.4) is 0 Å². The third-order valence-corrected chi connectivity index (χ3v) is 3.79. The largest absolute Gasteiger partial charge is 0.347 e. The van der Waals surface area contributed by atoms with Crippen molar-refractivity contribution in [3.63, 3.8) is 0 Å². The highest BCUT2D eigenvalue weighted by atomic mass is 79.9. The SMILES string of the molecule is O=c1nc(Nc2ccccc2Br)c2c([nH]1)CNCC2. The Morgan fingerprint density at radius 3 is 3.00 bits per heavy atom. The van der Waals surface area contributed by atoms with Crippen LogP contribution in [0.4, 0.5) is 11.5 Å². The predicted octanol–water partition coefficient (Wildman–Crippen LogP) is 1.92. The summed E-state index contributed by atoms with van der Waals surface area (Å²) in [4.78, 5) is 18.4. The molecule has 0 amide bonds. The molecule has 0 atom stereocenters. The Kier molecular flexibility index (Phi) is 3.35. The smallest absolute Gasteiger partial charge is 0.339 e. The maximum absolute atomic E-state index is 11.6. The molecule has 0 spiro atoms. The standard InChI is InChI=1S/C13H13BrN4O/c14-9-3-1-2-4-10(9)16-12-8-5-6-15-7-11(8)17-13(19)18-12/h1-4,15H,5-7H2,(H2,16,17,18,19). The van der Waals surface area contributed by atoms with E-state index in [0.29, 0.717) is 12.4 Å². The van der Waals surface area contributed by atoms with E-state index in [1.807, 2.05) is 24.3 Å². The van der Waals surface area contributed by atoms with E-state index in [0.717, 1.165) is 34.4 Å². The number of benzene rings is 1. The lowest BCUT2D eigenvalue weighted by Gasteiger charge is -2.19. The van der Waals surface area contributed by atoms with Gasteiger partial charge in [0.25, 0.3) is 0 Å². The average Bonchev–Trinajstić information content (AvgIpc) is 2.41. The topological polar surface area (TPSA) is 69.8 Å². The lowest BCUT2D eigenvalue weighted by atomic mass is 10.1. The molecule has 0 saturated heterocycles. The van der Waals surface area contributed by atoms with Crippen LogP contribution in [0.2, 0.25) is 0 Å². The summed E-state index contributed by atoms with van der Waals surface area (Å²) in [5.41, 5.74) is 2.58. The van der Waals surface area contributed by atoms with Crippen molar-refractivity contribution in [3.05, 3.63) is 50.5 Å². The molecule has 0 saturated carbocycles. The van der Waals surface area contributed by atoms with Crippen LogP contribution in [0.25, 0.3) is 0 Å². The van der Waals surface area contributed by atoms with Crippen LogP contribution < -0.4 is 16.3 Å². The molecule has 6 heteroatoms. The van der Waals surface area contributed by atoms with Crippen molar-refractivity contribution in [1.29, 1.82) is 0 Å². The van der Waals surface area contributed by atoms with Crippen LogP contribution in [0.15, 0.2) is 33.5 Å². The van der Waals surface area contributed by atoms with Crippen molar-refractivity contribution in [1.82, 2.24) is 15.3 Å². The van der Waals surface area contributed by atoms with Gasteiger partial charge in [-0.2, -0.15) is 4.98 Å². The highest BCUT2D eigenvalue weighted by Gasteiger charge is 2.16. The van der Waals surface area contributed by atoms with Crippen LogP contribution in [0.5, 0.6) is 0 Å². The number of hydrogen-bond donors (Lipinski definition) is 3. The maximum atomic E-state index is 11.6. The van der Waals surface area contributed by atoms with E-state index >= 15 is 0 Å². The van der Waals surface area contributed by atoms with Crippen molar-refractivity contribution >= 4 is 27.4 Å². The number of fused-ring (bicyclic) bond motifs is 1. The van der Waals surface area contributed by atoms with Crippen LogP contribution >= 0.6 is 15.9 Å². The van der Waals surface area contributed by atoms with Gasteiger partial charge in [-0.25, -0.2) is 4.79 Å². The number of rotatable bonds is 2. The minimum Gasteiger partial charge on any atom is -0.339 e. The molecule has 1 aromatic heterocycles. The quantitative estimate of drug-likeness (QED) is 0.790. The molecular formula is C13H13BrN4O. The first-order valence-corrected chi connectivity index (χ1v) is 6.87. The molecule has 1 aliphatic rings. The fourth-order valence-electron chi connectivity index (χ4n) is 2.18. The van der Waals surface area contributed by atoms with E-state index < -0.39 is 0 Å². The Hall–Kier alpha value is -1.66. The van der Waals surface area contributed by atoms with Gasteiger partial charge in [0.15, 0.2) is 0 Å². The maximum Gasteiger partial charge on any atom is 0.347 e. The Morgan fingerprint density at radius 2 is 2.16 bits per heavy atom. The molecule has 3 N–H and O–H groups in total. The molecule has 0 bridgehead atoms. The van der Waals surface area contributed by atoms with Crippen LogP contribution in [-0.2, 0) is 13.0 Å². The predicted molar refractivity (Wildman–Crippen MR) is 77.7 cm³/mol. The Morgan fingerprint density at radius 1 is 1.32 bits per heavy atom. The number of nitrogens with zero attached hydrogens (tertiary/aromatic N) is 1. The Balaban J connectivity index is 2.03. The number of nitrogens with one attached hydrogen (secondary N) is 3.